The van der Waals surface area contributed by atoms with Crippen molar-refractivity contribution in [3.63, 3.8) is 0 Å². The van der Waals surface area contributed by atoms with Crippen LogP contribution in [0.2, 0.25) is 0 Å². The van der Waals surface area contributed by atoms with Gasteiger partial charge in [-0.15, -0.1) is 0 Å². The standard InChI is InChI=1S/C20H33N7O4S/c1-6-14-9-16(10-15(7-2)27(14)32(5,29)30)26(3)20-22-17(11-19(23-20)31-4)21-18-8-13(12-28)24-25-18/h8,11,14-16,28H,6-7,9-10,12H2,1-5H3,(H2,21,22,23,24,25)/t14-,15+,16-. The number of nitrogens with zero attached hydrogens (tertiary/aromatic N) is 5. The zero-order valence-electron chi connectivity index (χ0n) is 19.2. The number of hydrogen-bond donors (Lipinski definition) is 3. The summed E-state index contributed by atoms with van der Waals surface area (Å²) in [5.74, 6) is 1.89. The number of hydrogen-bond acceptors (Lipinski definition) is 9. The monoisotopic (exact) mass is 467 g/mol. The lowest BCUT2D eigenvalue weighted by Crippen LogP contribution is -2.56. The van der Waals surface area contributed by atoms with Gasteiger partial charge in [0.25, 0.3) is 0 Å². The van der Waals surface area contributed by atoms with Crippen molar-refractivity contribution in [3.8, 4) is 5.88 Å². The number of piperidine rings is 1. The van der Waals surface area contributed by atoms with E-state index in [0.29, 0.717) is 42.0 Å². The lowest BCUT2D eigenvalue weighted by molar-refractivity contribution is 0.154. The molecule has 0 bridgehead atoms. The third-order valence-electron chi connectivity index (χ3n) is 5.95. The van der Waals surface area contributed by atoms with Crippen LogP contribution >= 0.6 is 0 Å². The van der Waals surface area contributed by atoms with Crippen molar-refractivity contribution in [3.05, 3.63) is 17.8 Å². The van der Waals surface area contributed by atoms with Gasteiger partial charge in [0.15, 0.2) is 5.82 Å². The molecule has 1 aliphatic heterocycles. The molecule has 0 unspecified atom stereocenters. The van der Waals surface area contributed by atoms with E-state index in [2.05, 4.69) is 25.5 Å². The van der Waals surface area contributed by atoms with Crippen molar-refractivity contribution in [2.45, 2.75) is 64.3 Å². The molecule has 32 heavy (non-hydrogen) atoms. The summed E-state index contributed by atoms with van der Waals surface area (Å²) in [6.07, 6.45) is 4.17. The van der Waals surface area contributed by atoms with Crippen LogP contribution in [0, 0.1) is 0 Å². The summed E-state index contributed by atoms with van der Waals surface area (Å²) >= 11 is 0. The second-order valence-electron chi connectivity index (χ2n) is 8.11. The fourth-order valence-electron chi connectivity index (χ4n) is 4.32. The van der Waals surface area contributed by atoms with Gasteiger partial charge < -0.3 is 20.1 Å². The van der Waals surface area contributed by atoms with Crippen molar-refractivity contribution in [1.82, 2.24) is 24.5 Å². The topological polar surface area (TPSA) is 137 Å². The van der Waals surface area contributed by atoms with Crippen LogP contribution in [0.1, 0.15) is 45.2 Å². The molecular formula is C20H33N7O4S. The highest BCUT2D eigenvalue weighted by Gasteiger charge is 2.40. The van der Waals surface area contributed by atoms with Crippen LogP contribution in [-0.2, 0) is 16.6 Å². The molecule has 3 rings (SSSR count). The Morgan fingerprint density at radius 2 is 1.88 bits per heavy atom. The molecule has 0 spiro atoms. The average Bonchev–Trinajstić information content (AvgIpc) is 3.23. The first-order chi connectivity index (χ1) is 15.2. The van der Waals surface area contributed by atoms with Crippen LogP contribution in [0.25, 0.3) is 0 Å². The van der Waals surface area contributed by atoms with Crippen LogP contribution < -0.4 is 15.0 Å². The zero-order valence-corrected chi connectivity index (χ0v) is 20.1. The summed E-state index contributed by atoms with van der Waals surface area (Å²) in [6, 6.07) is 3.30. The molecule has 178 valence electrons. The highest BCUT2D eigenvalue weighted by atomic mass is 32.2. The van der Waals surface area contributed by atoms with Gasteiger partial charge in [0.05, 0.1) is 25.7 Å². The molecule has 1 aliphatic rings. The SMILES string of the molecule is CC[C@@H]1C[C@@H](N(C)c2nc(Nc3cc(CO)[nH]n3)cc(OC)n2)C[C@H](CC)N1S(C)(=O)=O. The Hall–Kier alpha value is -2.44. The maximum atomic E-state index is 12.4. The summed E-state index contributed by atoms with van der Waals surface area (Å²) in [5.41, 5.74) is 0.583. The van der Waals surface area contributed by atoms with E-state index in [1.165, 1.54) is 6.26 Å². The highest BCUT2D eigenvalue weighted by Crippen LogP contribution is 2.33. The van der Waals surface area contributed by atoms with Crippen molar-refractivity contribution in [1.29, 1.82) is 0 Å². The van der Waals surface area contributed by atoms with E-state index in [9.17, 15) is 13.5 Å². The summed E-state index contributed by atoms with van der Waals surface area (Å²) in [6.45, 7) is 3.90. The maximum Gasteiger partial charge on any atom is 0.230 e. The number of sulfonamides is 1. The highest BCUT2D eigenvalue weighted by molar-refractivity contribution is 7.88. The summed E-state index contributed by atoms with van der Waals surface area (Å²) in [4.78, 5) is 11.1. The number of methoxy groups -OCH3 is 1. The second-order valence-corrected chi connectivity index (χ2v) is 10.00. The molecule has 11 nitrogen and oxygen atoms in total. The number of aromatic nitrogens is 4. The Morgan fingerprint density at radius 1 is 1.22 bits per heavy atom. The number of nitrogens with one attached hydrogen (secondary N) is 2. The lowest BCUT2D eigenvalue weighted by atomic mass is 9.90. The number of H-pyrrole nitrogens is 1. The summed E-state index contributed by atoms with van der Waals surface area (Å²) in [7, 11) is 0.180. The number of anilines is 3. The van der Waals surface area contributed by atoms with Gasteiger partial charge >= 0.3 is 0 Å². The first kappa shape index (κ1) is 24.2. The Kier molecular flexibility index (Phi) is 7.57. The molecule has 12 heteroatoms. The predicted octanol–water partition coefficient (Wildman–Crippen LogP) is 1.86. The molecule has 2 aromatic rings. The Balaban J connectivity index is 1.86. The van der Waals surface area contributed by atoms with Gasteiger partial charge in [-0.3, -0.25) is 5.10 Å². The van der Waals surface area contributed by atoms with E-state index in [1.807, 2.05) is 25.8 Å². The van der Waals surface area contributed by atoms with Crippen LogP contribution in [0.4, 0.5) is 17.6 Å². The molecule has 3 atom stereocenters. The van der Waals surface area contributed by atoms with Gasteiger partial charge in [-0.2, -0.15) is 19.4 Å². The molecule has 0 aliphatic carbocycles. The average molecular weight is 468 g/mol. The first-order valence-corrected chi connectivity index (χ1v) is 12.6. The van der Waals surface area contributed by atoms with Crippen LogP contribution in [-0.4, -0.2) is 76.5 Å². The van der Waals surface area contributed by atoms with Crippen LogP contribution in [0.5, 0.6) is 5.88 Å². The normalized spacial score (nSPS) is 22.0. The second kappa shape index (κ2) is 10.0. The van der Waals surface area contributed by atoms with Crippen molar-refractivity contribution in [2.24, 2.45) is 0 Å². The third kappa shape index (κ3) is 5.30. The Morgan fingerprint density at radius 3 is 2.38 bits per heavy atom. The van der Waals surface area contributed by atoms with Crippen molar-refractivity contribution in [2.75, 3.05) is 30.6 Å². The Bertz CT molecular complexity index is 999. The molecule has 2 aromatic heterocycles. The Labute approximate surface area is 189 Å². The molecule has 3 N–H and O–H groups in total. The maximum absolute atomic E-state index is 12.4. The van der Waals surface area contributed by atoms with E-state index in [1.54, 1.807) is 23.5 Å². The molecule has 0 amide bonds. The third-order valence-corrected chi connectivity index (χ3v) is 7.32. The van der Waals surface area contributed by atoms with E-state index >= 15 is 0 Å². The fraction of sp³-hybridized carbons (Fsp3) is 0.650. The lowest BCUT2D eigenvalue weighted by Gasteiger charge is -2.45. The van der Waals surface area contributed by atoms with Gasteiger partial charge in [-0.25, -0.2) is 8.42 Å². The number of aliphatic hydroxyl groups is 1. The van der Waals surface area contributed by atoms with Gasteiger partial charge in [-0.05, 0) is 25.7 Å². The zero-order chi connectivity index (χ0) is 23.5. The molecule has 1 saturated heterocycles. The first-order valence-electron chi connectivity index (χ1n) is 10.8. The van der Waals surface area contributed by atoms with Crippen LogP contribution in [0.15, 0.2) is 12.1 Å². The molecule has 1 fully saturated rings. The molecule has 0 saturated carbocycles. The van der Waals surface area contributed by atoms with E-state index in [0.717, 1.165) is 12.8 Å². The van der Waals surface area contributed by atoms with E-state index in [-0.39, 0.29) is 24.7 Å². The van der Waals surface area contributed by atoms with Gasteiger partial charge in [0.2, 0.25) is 21.9 Å². The van der Waals surface area contributed by atoms with Gasteiger partial charge in [-0.1, -0.05) is 13.8 Å². The molecular weight excluding hydrogens is 434 g/mol. The van der Waals surface area contributed by atoms with Crippen molar-refractivity contribution < 1.29 is 18.3 Å². The van der Waals surface area contributed by atoms with E-state index < -0.39 is 10.0 Å². The number of rotatable bonds is 9. The summed E-state index contributed by atoms with van der Waals surface area (Å²) < 4.78 is 31.9. The van der Waals surface area contributed by atoms with Gasteiger partial charge in [0.1, 0.15) is 5.82 Å². The quantitative estimate of drug-likeness (QED) is 0.505. The minimum atomic E-state index is -3.29. The molecule has 0 aromatic carbocycles. The predicted molar refractivity (Wildman–Crippen MR) is 123 cm³/mol. The smallest absolute Gasteiger partial charge is 0.230 e. The van der Waals surface area contributed by atoms with E-state index in [4.69, 9.17) is 4.74 Å². The number of aliphatic hydroxyl groups excluding tert-OH is 1. The molecule has 0 radical (unpaired) electrons. The molecule has 3 heterocycles. The number of ether oxygens (including phenoxy) is 1. The number of aromatic amines is 1. The minimum absolute atomic E-state index is 0.0692. The summed E-state index contributed by atoms with van der Waals surface area (Å²) in [5, 5.41) is 19.2. The largest absolute Gasteiger partial charge is 0.481 e. The van der Waals surface area contributed by atoms with Crippen molar-refractivity contribution >= 4 is 27.6 Å². The van der Waals surface area contributed by atoms with Crippen LogP contribution in [0.3, 0.4) is 0 Å². The minimum Gasteiger partial charge on any atom is -0.481 e. The van der Waals surface area contributed by atoms with Gasteiger partial charge in [0, 0.05) is 37.3 Å². The fourth-order valence-corrected chi connectivity index (χ4v) is 5.88.